The topological polar surface area (TPSA) is 35.5 Å². The van der Waals surface area contributed by atoms with E-state index in [-0.39, 0.29) is 36.6 Å². The van der Waals surface area contributed by atoms with Crippen molar-refractivity contribution in [2.45, 2.75) is 32.7 Å². The molecule has 0 unspecified atom stereocenters. The van der Waals surface area contributed by atoms with Gasteiger partial charge < -0.3 is 10.4 Å². The Labute approximate surface area is 138 Å². The van der Waals surface area contributed by atoms with Gasteiger partial charge in [-0.3, -0.25) is 4.90 Å². The largest absolute Gasteiger partial charge is 0.505 e. The lowest BCUT2D eigenvalue weighted by Gasteiger charge is -2.36. The monoisotopic (exact) mass is 338 g/mol. The van der Waals surface area contributed by atoms with E-state index in [1.165, 1.54) is 6.07 Å². The number of aromatic hydroxyl groups is 1. The number of halogens is 3. The van der Waals surface area contributed by atoms with Gasteiger partial charge in [0.15, 0.2) is 11.6 Å². The maximum absolute atomic E-state index is 13.6. The van der Waals surface area contributed by atoms with Crippen molar-refractivity contribution in [1.82, 2.24) is 10.2 Å². The van der Waals surface area contributed by atoms with Crippen molar-refractivity contribution in [3.05, 3.63) is 29.1 Å². The zero-order valence-electron chi connectivity index (χ0n) is 12.6. The van der Waals surface area contributed by atoms with Crippen molar-refractivity contribution >= 4 is 24.8 Å². The van der Waals surface area contributed by atoms with Crippen LogP contribution in [0, 0.1) is 12.7 Å². The first kappa shape index (κ1) is 20.5. The predicted molar refractivity (Wildman–Crippen MR) is 89.4 cm³/mol. The number of aryl methyl sites for hydroxylation is 1. The second kappa shape index (κ2) is 9.46. The minimum absolute atomic E-state index is 0. The maximum atomic E-state index is 13.6. The zero-order chi connectivity index (χ0) is 13.8. The normalized spacial score (nSPS) is 16.7. The molecule has 1 aromatic carbocycles. The molecular formula is C15H25Cl2FN2O. The number of piperazine rings is 1. The van der Waals surface area contributed by atoms with Crippen molar-refractivity contribution in [2.24, 2.45) is 0 Å². The fourth-order valence-electron chi connectivity index (χ4n) is 2.88. The summed E-state index contributed by atoms with van der Waals surface area (Å²) in [6.07, 6.45) is 1.96. The van der Waals surface area contributed by atoms with E-state index in [2.05, 4.69) is 17.1 Å². The fourth-order valence-corrected chi connectivity index (χ4v) is 2.88. The molecule has 3 nitrogen and oxygen atoms in total. The number of hydrogen-bond donors (Lipinski definition) is 2. The molecule has 1 aromatic rings. The molecule has 0 radical (unpaired) electrons. The molecule has 1 heterocycles. The average molecular weight is 339 g/mol. The highest BCUT2D eigenvalue weighted by Gasteiger charge is 2.26. The van der Waals surface area contributed by atoms with Gasteiger partial charge in [0.05, 0.1) is 0 Å². The molecule has 1 atom stereocenters. The second-order valence-corrected chi connectivity index (χ2v) is 5.22. The standard InChI is InChI=1S/C15H23FN2O.2ClH/c1-3-4-13(18-9-7-17-8-10-18)14-11(2)5-6-12(16)15(14)19;;/h5-6,13,17,19H,3-4,7-10H2,1-2H3;2*1H/t13-;;/m0../s1. The van der Waals surface area contributed by atoms with Crippen LogP contribution in [0.25, 0.3) is 0 Å². The van der Waals surface area contributed by atoms with Gasteiger partial charge >= 0.3 is 0 Å². The highest BCUT2D eigenvalue weighted by atomic mass is 35.5. The molecule has 1 aliphatic heterocycles. The van der Waals surface area contributed by atoms with Gasteiger partial charge in [-0.05, 0) is 25.0 Å². The van der Waals surface area contributed by atoms with Crippen molar-refractivity contribution in [3.63, 3.8) is 0 Å². The second-order valence-electron chi connectivity index (χ2n) is 5.22. The van der Waals surface area contributed by atoms with Crippen LogP contribution in [0.3, 0.4) is 0 Å². The van der Waals surface area contributed by atoms with Gasteiger partial charge in [-0.15, -0.1) is 24.8 Å². The van der Waals surface area contributed by atoms with Crippen LogP contribution < -0.4 is 5.32 Å². The minimum atomic E-state index is -0.517. The average Bonchev–Trinajstić information content (AvgIpc) is 2.43. The molecule has 1 aliphatic rings. The number of hydrogen-bond acceptors (Lipinski definition) is 3. The Morgan fingerprint density at radius 3 is 2.48 bits per heavy atom. The first-order valence-electron chi connectivity index (χ1n) is 7.08. The molecule has 21 heavy (non-hydrogen) atoms. The molecule has 1 saturated heterocycles. The van der Waals surface area contributed by atoms with Crippen molar-refractivity contribution in [2.75, 3.05) is 26.2 Å². The van der Waals surface area contributed by atoms with Crippen LogP contribution in [0.15, 0.2) is 12.1 Å². The van der Waals surface area contributed by atoms with E-state index in [0.717, 1.165) is 50.1 Å². The van der Waals surface area contributed by atoms with Gasteiger partial charge in [-0.25, -0.2) is 4.39 Å². The van der Waals surface area contributed by atoms with E-state index >= 15 is 0 Å². The van der Waals surface area contributed by atoms with E-state index in [0.29, 0.717) is 0 Å². The number of benzene rings is 1. The number of phenolic OH excluding ortho intramolecular Hbond substituents is 1. The highest BCUT2D eigenvalue weighted by molar-refractivity contribution is 5.85. The minimum Gasteiger partial charge on any atom is -0.505 e. The Hall–Kier alpha value is -0.550. The Balaban J connectivity index is 0.00000200. The molecule has 0 bridgehead atoms. The SMILES string of the molecule is CCC[C@@H](c1c(C)ccc(F)c1O)N1CCNCC1.Cl.Cl. The number of nitrogens with one attached hydrogen (secondary N) is 1. The summed E-state index contributed by atoms with van der Waals surface area (Å²) in [6.45, 7) is 7.87. The predicted octanol–water partition coefficient (Wildman–Crippen LogP) is 3.43. The molecule has 1 fully saturated rings. The van der Waals surface area contributed by atoms with Crippen LogP contribution in [-0.2, 0) is 0 Å². The summed E-state index contributed by atoms with van der Waals surface area (Å²) in [5, 5.41) is 13.4. The van der Waals surface area contributed by atoms with Crippen molar-refractivity contribution in [3.8, 4) is 5.75 Å². The molecule has 6 heteroatoms. The molecular weight excluding hydrogens is 314 g/mol. The van der Waals surface area contributed by atoms with E-state index in [1.54, 1.807) is 6.07 Å². The summed E-state index contributed by atoms with van der Waals surface area (Å²) >= 11 is 0. The Morgan fingerprint density at radius 2 is 1.90 bits per heavy atom. The van der Waals surface area contributed by atoms with Gasteiger partial charge in [0.25, 0.3) is 0 Å². The first-order chi connectivity index (χ1) is 9.15. The fraction of sp³-hybridized carbons (Fsp3) is 0.600. The molecule has 2 rings (SSSR count). The number of nitrogens with zero attached hydrogens (tertiary/aromatic N) is 1. The molecule has 0 amide bonds. The Kier molecular flexibility index (Phi) is 9.22. The van der Waals surface area contributed by atoms with Crippen LogP contribution in [0.5, 0.6) is 5.75 Å². The van der Waals surface area contributed by atoms with E-state index in [9.17, 15) is 9.50 Å². The van der Waals surface area contributed by atoms with Crippen LogP contribution in [0.1, 0.15) is 36.9 Å². The summed E-state index contributed by atoms with van der Waals surface area (Å²) in [4.78, 5) is 2.35. The summed E-state index contributed by atoms with van der Waals surface area (Å²) < 4.78 is 13.6. The van der Waals surface area contributed by atoms with Crippen LogP contribution in [-0.4, -0.2) is 36.2 Å². The van der Waals surface area contributed by atoms with Gasteiger partial charge in [-0.1, -0.05) is 19.4 Å². The van der Waals surface area contributed by atoms with E-state index < -0.39 is 5.82 Å². The van der Waals surface area contributed by atoms with Gasteiger partial charge in [0.2, 0.25) is 0 Å². The van der Waals surface area contributed by atoms with Crippen LogP contribution in [0.4, 0.5) is 4.39 Å². The molecule has 122 valence electrons. The smallest absolute Gasteiger partial charge is 0.165 e. The van der Waals surface area contributed by atoms with Gasteiger partial charge in [0.1, 0.15) is 0 Å². The molecule has 0 aliphatic carbocycles. The summed E-state index contributed by atoms with van der Waals surface area (Å²) in [7, 11) is 0. The molecule has 0 spiro atoms. The number of rotatable bonds is 4. The Morgan fingerprint density at radius 1 is 1.29 bits per heavy atom. The zero-order valence-corrected chi connectivity index (χ0v) is 14.2. The summed E-state index contributed by atoms with van der Waals surface area (Å²) in [5.74, 6) is -0.686. The first-order valence-corrected chi connectivity index (χ1v) is 7.08. The Bertz CT molecular complexity index is 440. The van der Waals surface area contributed by atoms with Gasteiger partial charge in [0, 0.05) is 37.8 Å². The molecule has 0 saturated carbocycles. The third-order valence-corrected chi connectivity index (χ3v) is 3.87. The highest BCUT2D eigenvalue weighted by Crippen LogP contribution is 2.36. The van der Waals surface area contributed by atoms with Crippen LogP contribution in [0.2, 0.25) is 0 Å². The molecule has 2 N–H and O–H groups in total. The van der Waals surface area contributed by atoms with E-state index in [4.69, 9.17) is 0 Å². The third-order valence-electron chi connectivity index (χ3n) is 3.87. The van der Waals surface area contributed by atoms with Crippen molar-refractivity contribution in [1.29, 1.82) is 0 Å². The van der Waals surface area contributed by atoms with Gasteiger partial charge in [-0.2, -0.15) is 0 Å². The van der Waals surface area contributed by atoms with Crippen LogP contribution >= 0.6 is 24.8 Å². The third kappa shape index (κ3) is 4.71. The summed E-state index contributed by atoms with van der Waals surface area (Å²) in [6, 6.07) is 3.22. The lowest BCUT2D eigenvalue weighted by atomic mass is 9.94. The summed E-state index contributed by atoms with van der Waals surface area (Å²) in [5.41, 5.74) is 1.74. The lowest BCUT2D eigenvalue weighted by Crippen LogP contribution is -2.45. The van der Waals surface area contributed by atoms with Crippen molar-refractivity contribution < 1.29 is 9.50 Å². The quantitative estimate of drug-likeness (QED) is 0.882. The number of phenols is 1. The van der Waals surface area contributed by atoms with E-state index in [1.807, 2.05) is 6.92 Å². The maximum Gasteiger partial charge on any atom is 0.165 e. The lowest BCUT2D eigenvalue weighted by molar-refractivity contribution is 0.161. The molecule has 0 aromatic heterocycles.